The van der Waals surface area contributed by atoms with Crippen molar-refractivity contribution >= 4 is 64.8 Å². The number of ether oxygens (including phenoxy) is 1. The molecular weight excluding hydrogens is 572 g/mol. The summed E-state index contributed by atoms with van der Waals surface area (Å²) in [6.07, 6.45) is 0. The molecule has 0 spiro atoms. The summed E-state index contributed by atoms with van der Waals surface area (Å²) in [4.78, 5) is 17.7. The molecule has 0 bridgehead atoms. The lowest BCUT2D eigenvalue weighted by Gasteiger charge is -2.09. The molecule has 0 saturated carbocycles. The molecule has 3 aromatic carbocycles. The molecule has 0 unspecified atom stereocenters. The first-order chi connectivity index (χ1) is 18.0. The maximum Gasteiger partial charge on any atom is 0.279 e. The zero-order valence-electron chi connectivity index (χ0n) is 20.0. The second-order valence-electron chi connectivity index (χ2n) is 7.96. The van der Waals surface area contributed by atoms with Gasteiger partial charge in [-0.15, -0.1) is 0 Å². The highest BCUT2D eigenvalue weighted by Crippen LogP contribution is 2.22. The monoisotopic (exact) mass is 594 g/mol. The van der Waals surface area contributed by atoms with Crippen molar-refractivity contribution in [1.29, 1.82) is 0 Å². The zero-order chi connectivity index (χ0) is 27.5. The number of nitrogens with one attached hydrogen (secondary N) is 1. The summed E-state index contributed by atoms with van der Waals surface area (Å²) in [6.45, 7) is 3.08. The number of thiazole rings is 1. The van der Waals surface area contributed by atoms with Gasteiger partial charge in [-0.25, -0.2) is 22.0 Å². The molecule has 38 heavy (non-hydrogen) atoms. The van der Waals surface area contributed by atoms with E-state index in [1.807, 2.05) is 6.92 Å². The summed E-state index contributed by atoms with van der Waals surface area (Å²) in [5.74, 6) is -0.610. The van der Waals surface area contributed by atoms with Crippen molar-refractivity contribution in [2.75, 3.05) is 17.9 Å². The molecule has 4 aromatic rings. The molecule has 1 amide bonds. The predicted molar refractivity (Wildman–Crippen MR) is 146 cm³/mol. The van der Waals surface area contributed by atoms with E-state index in [2.05, 4.69) is 9.71 Å². The van der Waals surface area contributed by atoms with Gasteiger partial charge in [-0.05, 0) is 67.6 Å². The Morgan fingerprint density at radius 1 is 1.05 bits per heavy atom. The van der Waals surface area contributed by atoms with E-state index in [0.29, 0.717) is 39.8 Å². The second-order valence-corrected chi connectivity index (χ2v) is 12.7. The van der Waals surface area contributed by atoms with E-state index in [9.17, 15) is 21.6 Å². The molecule has 200 valence electrons. The summed E-state index contributed by atoms with van der Waals surface area (Å²) < 4.78 is 59.3. The number of sulfonamides is 2. The zero-order valence-corrected chi connectivity index (χ0v) is 23.2. The summed E-state index contributed by atoms with van der Waals surface area (Å²) in [5, 5.41) is 5.67. The van der Waals surface area contributed by atoms with Crippen LogP contribution < -0.4 is 14.7 Å². The maximum atomic E-state index is 13.1. The molecule has 0 atom stereocenters. The fourth-order valence-corrected chi connectivity index (χ4v) is 6.41. The summed E-state index contributed by atoms with van der Waals surface area (Å²) >= 11 is 6.97. The van der Waals surface area contributed by atoms with Gasteiger partial charge in [-0.2, -0.15) is 4.99 Å². The number of anilines is 1. The van der Waals surface area contributed by atoms with Crippen LogP contribution in [0.25, 0.3) is 10.2 Å². The van der Waals surface area contributed by atoms with Gasteiger partial charge in [0, 0.05) is 29.4 Å². The van der Waals surface area contributed by atoms with E-state index in [-0.39, 0.29) is 21.0 Å². The van der Waals surface area contributed by atoms with E-state index in [1.54, 1.807) is 10.6 Å². The minimum atomic E-state index is -3.91. The van der Waals surface area contributed by atoms with Crippen LogP contribution in [0.15, 0.2) is 81.5 Å². The van der Waals surface area contributed by atoms with Crippen LogP contribution in [0, 0.1) is 0 Å². The molecule has 4 rings (SSSR count). The predicted octanol–water partition coefficient (Wildman–Crippen LogP) is 3.58. The highest BCUT2D eigenvalue weighted by atomic mass is 35.5. The van der Waals surface area contributed by atoms with Crippen LogP contribution in [0.1, 0.15) is 17.3 Å². The van der Waals surface area contributed by atoms with E-state index in [1.165, 1.54) is 60.7 Å². The minimum Gasteiger partial charge on any atom is -0.380 e. The van der Waals surface area contributed by atoms with Gasteiger partial charge in [0.05, 0.1) is 26.6 Å². The maximum absolute atomic E-state index is 13.1. The Labute approximate surface area is 228 Å². The van der Waals surface area contributed by atoms with Crippen molar-refractivity contribution < 1.29 is 26.4 Å². The van der Waals surface area contributed by atoms with Crippen molar-refractivity contribution in [2.45, 2.75) is 23.3 Å². The Morgan fingerprint density at radius 3 is 2.45 bits per heavy atom. The van der Waals surface area contributed by atoms with E-state index < -0.39 is 26.0 Å². The number of amides is 1. The standard InChI is InChI=1S/C24H23ClN4O6S3/c1-2-35-13-12-29-21-11-10-20(37(26,31)32)15-22(21)36-24(29)27-23(30)16-4-3-5-18(14-16)28-38(33,34)19-8-6-17(25)7-9-19/h3-11,14-15,28H,2,12-13H2,1H3,(H2,26,31,32). The molecule has 10 nitrogen and oxygen atoms in total. The van der Waals surface area contributed by atoms with Crippen molar-refractivity contribution in [1.82, 2.24) is 4.57 Å². The summed E-state index contributed by atoms with van der Waals surface area (Å²) in [6, 6.07) is 16.1. The molecule has 0 aliphatic rings. The first kappa shape index (κ1) is 28.0. The lowest BCUT2D eigenvalue weighted by Crippen LogP contribution is -2.20. The molecule has 1 heterocycles. The normalized spacial score (nSPS) is 12.7. The van der Waals surface area contributed by atoms with Gasteiger partial charge in [0.1, 0.15) is 0 Å². The van der Waals surface area contributed by atoms with Crippen LogP contribution in [-0.4, -0.2) is 40.5 Å². The smallest absolute Gasteiger partial charge is 0.279 e. The third kappa shape index (κ3) is 6.49. The third-order valence-corrected chi connectivity index (χ3v) is 8.93. The lowest BCUT2D eigenvalue weighted by molar-refractivity contribution is 0.0996. The third-order valence-electron chi connectivity index (χ3n) is 5.33. The van der Waals surface area contributed by atoms with Crippen LogP contribution in [0.4, 0.5) is 5.69 Å². The molecule has 1 aromatic heterocycles. The number of hydrogen-bond donors (Lipinski definition) is 2. The number of nitrogens with zero attached hydrogens (tertiary/aromatic N) is 2. The molecule has 0 aliphatic carbocycles. The second kappa shape index (κ2) is 11.4. The highest BCUT2D eigenvalue weighted by molar-refractivity contribution is 7.92. The quantitative estimate of drug-likeness (QED) is 0.283. The number of carbonyl (C=O) groups excluding carboxylic acids is 1. The highest BCUT2D eigenvalue weighted by Gasteiger charge is 2.16. The molecule has 0 aliphatic heterocycles. The van der Waals surface area contributed by atoms with E-state index in [4.69, 9.17) is 21.5 Å². The molecule has 0 fully saturated rings. The Morgan fingerprint density at radius 2 is 1.76 bits per heavy atom. The lowest BCUT2D eigenvalue weighted by atomic mass is 10.2. The van der Waals surface area contributed by atoms with Crippen molar-refractivity contribution in [3.8, 4) is 0 Å². The first-order valence-corrected chi connectivity index (χ1v) is 15.4. The number of carbonyl (C=O) groups is 1. The number of rotatable bonds is 9. The largest absolute Gasteiger partial charge is 0.380 e. The molecular formula is C24H23ClN4O6S3. The van der Waals surface area contributed by atoms with E-state index in [0.717, 1.165) is 11.3 Å². The summed E-state index contributed by atoms with van der Waals surface area (Å²) in [7, 11) is -7.82. The molecule has 14 heteroatoms. The summed E-state index contributed by atoms with van der Waals surface area (Å²) in [5.41, 5.74) is 0.998. The van der Waals surface area contributed by atoms with E-state index >= 15 is 0 Å². The van der Waals surface area contributed by atoms with Crippen molar-refractivity contribution in [3.05, 3.63) is 82.1 Å². The average molecular weight is 595 g/mol. The number of benzene rings is 3. The van der Waals surface area contributed by atoms with Gasteiger partial charge in [0.2, 0.25) is 10.0 Å². The van der Waals surface area contributed by atoms with Crippen LogP contribution in [-0.2, 0) is 31.3 Å². The molecule has 0 saturated heterocycles. The number of hydrogen-bond acceptors (Lipinski definition) is 7. The topological polar surface area (TPSA) is 150 Å². The Bertz CT molecular complexity index is 1780. The van der Waals surface area contributed by atoms with Crippen LogP contribution in [0.3, 0.4) is 0 Å². The van der Waals surface area contributed by atoms with Crippen LogP contribution in [0.2, 0.25) is 5.02 Å². The fraction of sp³-hybridized carbons (Fsp3) is 0.167. The Kier molecular flexibility index (Phi) is 8.35. The number of primary sulfonamides is 1. The molecule has 0 radical (unpaired) electrons. The van der Waals surface area contributed by atoms with Crippen LogP contribution >= 0.6 is 22.9 Å². The minimum absolute atomic E-state index is 0.0165. The number of halogens is 1. The Hall–Kier alpha value is -3.07. The van der Waals surface area contributed by atoms with Crippen molar-refractivity contribution in [3.63, 3.8) is 0 Å². The van der Waals surface area contributed by atoms with Gasteiger partial charge >= 0.3 is 0 Å². The van der Waals surface area contributed by atoms with Gasteiger partial charge in [0.25, 0.3) is 15.9 Å². The van der Waals surface area contributed by atoms with Gasteiger partial charge in [0.15, 0.2) is 4.80 Å². The fourth-order valence-electron chi connectivity index (χ4n) is 3.53. The number of nitrogens with two attached hydrogens (primary N) is 1. The van der Waals surface area contributed by atoms with Gasteiger partial charge in [-0.1, -0.05) is 29.0 Å². The van der Waals surface area contributed by atoms with Crippen LogP contribution in [0.5, 0.6) is 0 Å². The SMILES string of the molecule is CCOCCn1c(=NC(=O)c2cccc(NS(=O)(=O)c3ccc(Cl)cc3)c2)sc2cc(S(N)(=O)=O)ccc21. The average Bonchev–Trinajstić information content (AvgIpc) is 3.20. The number of aromatic nitrogens is 1. The van der Waals surface area contributed by atoms with Crippen molar-refractivity contribution in [2.24, 2.45) is 10.1 Å². The van der Waals surface area contributed by atoms with Gasteiger partial charge in [-0.3, -0.25) is 9.52 Å². The van der Waals surface area contributed by atoms with Gasteiger partial charge < -0.3 is 9.30 Å². The first-order valence-electron chi connectivity index (χ1n) is 11.2. The molecule has 3 N–H and O–H groups in total. The number of fused-ring (bicyclic) bond motifs is 1. The Balaban J connectivity index is 1.69.